The van der Waals surface area contributed by atoms with Crippen molar-refractivity contribution < 1.29 is 8.42 Å². The van der Waals surface area contributed by atoms with Gasteiger partial charge in [-0.2, -0.15) is 0 Å². The summed E-state index contributed by atoms with van der Waals surface area (Å²) >= 11 is 0. The van der Waals surface area contributed by atoms with Crippen LogP contribution in [0.15, 0.2) is 24.3 Å². The van der Waals surface area contributed by atoms with Crippen LogP contribution >= 0.6 is 0 Å². The summed E-state index contributed by atoms with van der Waals surface area (Å²) in [4.78, 5) is 0. The molecule has 3 rings (SSSR count). The molecule has 3 nitrogen and oxygen atoms in total. The molecule has 80 valence electrons. The predicted octanol–water partition coefficient (Wildman–Crippen LogP) is 0.670. The molecule has 1 aliphatic heterocycles. The first kappa shape index (κ1) is 9.36. The Balaban J connectivity index is 2.10. The Morgan fingerprint density at radius 2 is 2.07 bits per heavy atom. The maximum Gasteiger partial charge on any atom is 0.156 e. The highest BCUT2D eigenvalue weighted by molar-refractivity contribution is 7.92. The second-order valence-electron chi connectivity index (χ2n) is 4.24. The van der Waals surface area contributed by atoms with Crippen LogP contribution in [0.2, 0.25) is 0 Å². The standard InChI is InChI=1S/C11H13NO2S/c13-15(14)6-5-12-11-9-4-2-1-3-8(9)7-10(11)15/h1-4,10-12H,5-7H2. The van der Waals surface area contributed by atoms with Gasteiger partial charge in [0.2, 0.25) is 0 Å². The van der Waals surface area contributed by atoms with Crippen molar-refractivity contribution in [2.75, 3.05) is 12.3 Å². The van der Waals surface area contributed by atoms with Crippen LogP contribution in [0.4, 0.5) is 0 Å². The molecule has 1 N–H and O–H groups in total. The summed E-state index contributed by atoms with van der Waals surface area (Å²) in [5, 5.41) is 3.08. The van der Waals surface area contributed by atoms with E-state index >= 15 is 0 Å². The second kappa shape index (κ2) is 3.06. The Morgan fingerprint density at radius 3 is 2.93 bits per heavy atom. The molecule has 4 heteroatoms. The molecule has 1 aliphatic carbocycles. The molecule has 2 aliphatic rings. The molecule has 1 saturated heterocycles. The summed E-state index contributed by atoms with van der Waals surface area (Å²) in [6, 6.07) is 8.05. The third kappa shape index (κ3) is 1.32. The van der Waals surface area contributed by atoms with Crippen molar-refractivity contribution in [1.29, 1.82) is 0 Å². The van der Waals surface area contributed by atoms with E-state index in [4.69, 9.17) is 0 Å². The summed E-state index contributed by atoms with van der Waals surface area (Å²) in [5.74, 6) is 0.280. The summed E-state index contributed by atoms with van der Waals surface area (Å²) in [6.45, 7) is 0.581. The van der Waals surface area contributed by atoms with Gasteiger partial charge in [-0.3, -0.25) is 0 Å². The van der Waals surface area contributed by atoms with Gasteiger partial charge in [0.25, 0.3) is 0 Å². The normalized spacial score (nSPS) is 32.0. The Bertz CT molecular complexity index is 495. The predicted molar refractivity (Wildman–Crippen MR) is 58.5 cm³/mol. The van der Waals surface area contributed by atoms with Gasteiger partial charge in [-0.25, -0.2) is 8.42 Å². The second-order valence-corrected chi connectivity index (χ2v) is 6.58. The van der Waals surface area contributed by atoms with E-state index in [9.17, 15) is 8.42 Å². The summed E-state index contributed by atoms with van der Waals surface area (Å²) in [7, 11) is -2.89. The van der Waals surface area contributed by atoms with E-state index in [1.165, 1.54) is 11.1 Å². The first-order chi connectivity index (χ1) is 7.18. The fraction of sp³-hybridized carbons (Fsp3) is 0.455. The molecular formula is C11H13NO2S. The van der Waals surface area contributed by atoms with Gasteiger partial charge < -0.3 is 5.32 Å². The molecule has 1 fully saturated rings. The SMILES string of the molecule is O=S1(=O)CCNC2c3ccccc3CC21. The fourth-order valence-corrected chi connectivity index (χ4v) is 4.44. The van der Waals surface area contributed by atoms with Gasteiger partial charge in [0, 0.05) is 12.6 Å². The minimum absolute atomic E-state index is 0.0277. The Kier molecular flexibility index (Phi) is 1.91. The van der Waals surface area contributed by atoms with E-state index in [0.29, 0.717) is 13.0 Å². The highest BCUT2D eigenvalue weighted by Gasteiger charge is 2.42. The van der Waals surface area contributed by atoms with Crippen LogP contribution < -0.4 is 5.32 Å². The van der Waals surface area contributed by atoms with E-state index in [2.05, 4.69) is 5.32 Å². The number of rotatable bonds is 0. The van der Waals surface area contributed by atoms with E-state index in [-0.39, 0.29) is 17.0 Å². The Hall–Kier alpha value is -0.870. The quantitative estimate of drug-likeness (QED) is 0.703. The Morgan fingerprint density at radius 1 is 1.27 bits per heavy atom. The highest BCUT2D eigenvalue weighted by Crippen LogP contribution is 2.37. The van der Waals surface area contributed by atoms with Crippen LogP contribution in [0.1, 0.15) is 17.2 Å². The number of hydrogen-bond donors (Lipinski definition) is 1. The van der Waals surface area contributed by atoms with Gasteiger partial charge in [0.15, 0.2) is 9.84 Å². The van der Waals surface area contributed by atoms with E-state index < -0.39 is 9.84 Å². The number of benzene rings is 1. The van der Waals surface area contributed by atoms with Gasteiger partial charge in [-0.1, -0.05) is 24.3 Å². The van der Waals surface area contributed by atoms with Crippen molar-refractivity contribution in [1.82, 2.24) is 5.32 Å². The van der Waals surface area contributed by atoms with Gasteiger partial charge in [-0.05, 0) is 17.5 Å². The van der Waals surface area contributed by atoms with Gasteiger partial charge in [-0.15, -0.1) is 0 Å². The molecule has 0 bridgehead atoms. The maximum atomic E-state index is 11.9. The monoisotopic (exact) mass is 223 g/mol. The minimum atomic E-state index is -2.89. The molecule has 1 aromatic carbocycles. The van der Waals surface area contributed by atoms with E-state index in [0.717, 1.165) is 0 Å². The van der Waals surface area contributed by atoms with Gasteiger partial charge in [0.1, 0.15) is 0 Å². The number of sulfone groups is 1. The first-order valence-electron chi connectivity index (χ1n) is 5.21. The molecule has 2 atom stereocenters. The topological polar surface area (TPSA) is 46.2 Å². The Labute approximate surface area is 89.4 Å². The van der Waals surface area contributed by atoms with E-state index in [1.54, 1.807) is 0 Å². The van der Waals surface area contributed by atoms with Gasteiger partial charge >= 0.3 is 0 Å². The zero-order valence-corrected chi connectivity index (χ0v) is 9.13. The number of fused-ring (bicyclic) bond motifs is 3. The maximum absolute atomic E-state index is 11.9. The molecule has 0 aromatic heterocycles. The molecule has 0 spiro atoms. The summed E-state index contributed by atoms with van der Waals surface area (Å²) in [6.07, 6.45) is 0.677. The van der Waals surface area contributed by atoms with E-state index in [1.807, 2.05) is 24.3 Å². The van der Waals surface area contributed by atoms with Crippen LogP contribution in [0.3, 0.4) is 0 Å². The average molecular weight is 223 g/mol. The largest absolute Gasteiger partial charge is 0.308 e. The lowest BCUT2D eigenvalue weighted by atomic mass is 10.1. The summed E-state index contributed by atoms with van der Waals surface area (Å²) < 4.78 is 23.8. The fourth-order valence-electron chi connectivity index (χ4n) is 2.64. The molecule has 0 saturated carbocycles. The molecule has 0 amide bonds. The molecule has 2 unspecified atom stereocenters. The van der Waals surface area contributed by atoms with Crippen molar-refractivity contribution in [3.05, 3.63) is 35.4 Å². The molecule has 0 radical (unpaired) electrons. The van der Waals surface area contributed by atoms with Crippen molar-refractivity contribution in [3.63, 3.8) is 0 Å². The van der Waals surface area contributed by atoms with Crippen molar-refractivity contribution >= 4 is 9.84 Å². The lowest BCUT2D eigenvalue weighted by Gasteiger charge is -2.27. The van der Waals surface area contributed by atoms with Crippen molar-refractivity contribution in [2.24, 2.45) is 0 Å². The summed E-state index contributed by atoms with van der Waals surface area (Å²) in [5.41, 5.74) is 2.36. The van der Waals surface area contributed by atoms with Crippen LogP contribution in [0.25, 0.3) is 0 Å². The molecule has 15 heavy (non-hydrogen) atoms. The average Bonchev–Trinajstić information content (AvgIpc) is 2.58. The minimum Gasteiger partial charge on any atom is -0.308 e. The smallest absolute Gasteiger partial charge is 0.156 e. The number of nitrogens with one attached hydrogen (secondary N) is 1. The number of hydrogen-bond acceptors (Lipinski definition) is 3. The molecule has 1 heterocycles. The van der Waals surface area contributed by atoms with Crippen LogP contribution in [-0.2, 0) is 16.3 Å². The van der Waals surface area contributed by atoms with Crippen LogP contribution in [0.5, 0.6) is 0 Å². The molecular weight excluding hydrogens is 210 g/mol. The lowest BCUT2D eigenvalue weighted by Crippen LogP contribution is -2.44. The van der Waals surface area contributed by atoms with Gasteiger partial charge in [0.05, 0.1) is 11.0 Å². The van der Waals surface area contributed by atoms with Crippen molar-refractivity contribution in [2.45, 2.75) is 17.7 Å². The zero-order chi connectivity index (χ0) is 10.5. The van der Waals surface area contributed by atoms with Crippen molar-refractivity contribution in [3.8, 4) is 0 Å². The van der Waals surface area contributed by atoms with Crippen LogP contribution in [0, 0.1) is 0 Å². The third-order valence-corrected chi connectivity index (χ3v) is 5.53. The third-order valence-electron chi connectivity index (χ3n) is 3.40. The molecule has 1 aromatic rings. The highest BCUT2D eigenvalue weighted by atomic mass is 32.2. The van der Waals surface area contributed by atoms with Crippen LogP contribution in [-0.4, -0.2) is 26.0 Å². The lowest BCUT2D eigenvalue weighted by molar-refractivity contribution is 0.489. The zero-order valence-electron chi connectivity index (χ0n) is 8.31. The first-order valence-corrected chi connectivity index (χ1v) is 6.93.